The molecular weight excluding hydrogens is 643 g/mol. The number of hydrogen-bond acceptors (Lipinski definition) is 3. The summed E-state index contributed by atoms with van der Waals surface area (Å²) in [6, 6.07) is 53.9. The van der Waals surface area contributed by atoms with Gasteiger partial charge in [0, 0.05) is 44.2 Å². The number of furan rings is 1. The number of fused-ring (bicyclic) bond motifs is 10. The number of rotatable bonds is 2. The molecule has 0 amide bonds. The Morgan fingerprint density at radius 3 is 2.11 bits per heavy atom. The molecule has 0 saturated carbocycles. The molecule has 4 heterocycles. The monoisotopic (exact) mass is 682 g/mol. The summed E-state index contributed by atoms with van der Waals surface area (Å²) in [6.45, 7) is 11.5. The molecule has 3 nitrogen and oxygen atoms in total. The van der Waals surface area contributed by atoms with Gasteiger partial charge < -0.3 is 9.23 Å². The molecule has 7 aromatic carbocycles. The van der Waals surface area contributed by atoms with E-state index in [1.165, 1.54) is 77.7 Å². The summed E-state index contributed by atoms with van der Waals surface area (Å²) in [5.74, 6) is 0.884. The van der Waals surface area contributed by atoms with Gasteiger partial charge in [-0.3, -0.25) is 4.90 Å². The van der Waals surface area contributed by atoms with Crippen LogP contribution in [0.25, 0.3) is 44.0 Å². The van der Waals surface area contributed by atoms with Crippen LogP contribution in [0.5, 0.6) is 0 Å². The van der Waals surface area contributed by atoms with Crippen LogP contribution in [0.3, 0.4) is 0 Å². The van der Waals surface area contributed by atoms with E-state index in [1.54, 1.807) is 0 Å². The molecule has 0 unspecified atom stereocenters. The Bertz CT molecular complexity index is 2820. The van der Waals surface area contributed by atoms with Crippen LogP contribution in [0.2, 0.25) is 0 Å². The minimum Gasteiger partial charge on any atom is -0.440 e. The predicted molar refractivity (Wildman–Crippen MR) is 224 cm³/mol. The van der Waals surface area contributed by atoms with E-state index in [0.717, 1.165) is 22.5 Å². The summed E-state index contributed by atoms with van der Waals surface area (Å²) in [7, 11) is 0. The minimum absolute atomic E-state index is 0.0188. The smallest absolute Gasteiger partial charge is 0.337 e. The highest BCUT2D eigenvalue weighted by Gasteiger charge is 2.52. The van der Waals surface area contributed by atoms with Crippen LogP contribution < -0.4 is 20.6 Å². The predicted octanol–water partition coefficient (Wildman–Crippen LogP) is 11.9. The third-order valence-electron chi connectivity index (χ3n) is 12.2. The maximum Gasteiger partial charge on any atom is 0.337 e. The van der Waals surface area contributed by atoms with Crippen molar-refractivity contribution < 1.29 is 4.42 Å². The first-order valence-corrected chi connectivity index (χ1v) is 18.8. The fraction of sp³-hybridized carbons (Fsp3) is 0.143. The lowest BCUT2D eigenvalue weighted by atomic mass is 9.42. The molecule has 53 heavy (non-hydrogen) atoms. The van der Waals surface area contributed by atoms with Gasteiger partial charge in [-0.15, -0.1) is 0 Å². The molecule has 0 fully saturated rings. The van der Waals surface area contributed by atoms with Crippen LogP contribution in [-0.4, -0.2) is 6.85 Å². The highest BCUT2D eigenvalue weighted by Crippen LogP contribution is 2.57. The van der Waals surface area contributed by atoms with E-state index < -0.39 is 0 Å². The summed E-state index contributed by atoms with van der Waals surface area (Å²) in [4.78, 5) is 5.13. The van der Waals surface area contributed by atoms with Crippen LogP contribution in [-0.2, 0) is 10.8 Å². The third kappa shape index (κ3) is 4.07. The molecule has 0 bridgehead atoms. The van der Waals surface area contributed by atoms with Crippen molar-refractivity contribution in [2.24, 2.45) is 0 Å². The second-order valence-electron chi connectivity index (χ2n) is 16.5. The quantitative estimate of drug-likeness (QED) is 0.169. The molecule has 0 N–H and O–H groups in total. The van der Waals surface area contributed by atoms with Crippen molar-refractivity contribution in [2.75, 3.05) is 9.71 Å². The zero-order valence-corrected chi connectivity index (χ0v) is 30.7. The molecule has 3 aliphatic rings. The van der Waals surface area contributed by atoms with Gasteiger partial charge in [-0.2, -0.15) is 0 Å². The highest BCUT2D eigenvalue weighted by molar-refractivity contribution is 6.95. The number of hydrogen-bond donors (Lipinski definition) is 0. The zero-order chi connectivity index (χ0) is 35.8. The van der Waals surface area contributed by atoms with Crippen LogP contribution in [0, 0.1) is 0 Å². The third-order valence-corrected chi connectivity index (χ3v) is 12.2. The van der Waals surface area contributed by atoms with Gasteiger partial charge in [-0.05, 0) is 74.4 Å². The molecule has 0 saturated heterocycles. The van der Waals surface area contributed by atoms with E-state index in [0.29, 0.717) is 0 Å². The van der Waals surface area contributed by atoms with E-state index in [4.69, 9.17) is 4.42 Å². The Morgan fingerprint density at radius 1 is 0.566 bits per heavy atom. The topological polar surface area (TPSA) is 19.6 Å². The first-order valence-electron chi connectivity index (χ1n) is 18.8. The average Bonchev–Trinajstić information content (AvgIpc) is 3.56. The van der Waals surface area contributed by atoms with Crippen LogP contribution >= 0.6 is 0 Å². The molecular formula is C49H39BN2O. The molecule has 0 radical (unpaired) electrons. The van der Waals surface area contributed by atoms with Crippen molar-refractivity contribution in [1.29, 1.82) is 0 Å². The number of para-hydroxylation sites is 3. The largest absolute Gasteiger partial charge is 0.440 e. The molecule has 1 aromatic heterocycles. The molecule has 0 aliphatic carbocycles. The zero-order valence-electron chi connectivity index (χ0n) is 30.7. The van der Waals surface area contributed by atoms with Gasteiger partial charge in [0.15, 0.2) is 0 Å². The summed E-state index contributed by atoms with van der Waals surface area (Å²) in [5, 5.41) is 3.59. The average molecular weight is 683 g/mol. The lowest BCUT2D eigenvalue weighted by Gasteiger charge is -2.50. The first-order chi connectivity index (χ1) is 25.7. The van der Waals surface area contributed by atoms with Gasteiger partial charge in [-0.25, -0.2) is 0 Å². The maximum atomic E-state index is 7.20. The van der Waals surface area contributed by atoms with Crippen molar-refractivity contribution in [3.63, 3.8) is 0 Å². The van der Waals surface area contributed by atoms with Crippen molar-refractivity contribution in [1.82, 2.24) is 0 Å². The van der Waals surface area contributed by atoms with Crippen LogP contribution in [0.1, 0.15) is 51.3 Å². The molecule has 11 rings (SSSR count). The van der Waals surface area contributed by atoms with Gasteiger partial charge in [0.05, 0.1) is 11.4 Å². The first kappa shape index (κ1) is 30.6. The number of nitrogens with zero attached hydrogens (tertiary/aromatic N) is 2. The van der Waals surface area contributed by atoms with E-state index in [-0.39, 0.29) is 17.7 Å². The molecule has 254 valence electrons. The van der Waals surface area contributed by atoms with Gasteiger partial charge in [0.2, 0.25) is 5.88 Å². The fourth-order valence-corrected chi connectivity index (χ4v) is 9.62. The Morgan fingerprint density at radius 2 is 1.28 bits per heavy atom. The summed E-state index contributed by atoms with van der Waals surface area (Å²) in [5.41, 5.74) is 17.1. The second kappa shape index (κ2) is 10.5. The van der Waals surface area contributed by atoms with Gasteiger partial charge >= 0.3 is 6.85 Å². The SMILES string of the molecule is CC(C)(C)c1ccc(N2c3oc4ccccc4c3B3c4c(cc5ccccc5c42)-c2cccc4c2N3c2ccccc2C4(C)C)c(-c2ccccc2)c1. The fourth-order valence-electron chi connectivity index (χ4n) is 9.62. The Balaban J connectivity index is 1.34. The summed E-state index contributed by atoms with van der Waals surface area (Å²) in [6.07, 6.45) is 0. The minimum atomic E-state index is -0.170. The maximum absolute atomic E-state index is 7.20. The summed E-state index contributed by atoms with van der Waals surface area (Å²) >= 11 is 0. The molecule has 8 aromatic rings. The molecule has 0 atom stereocenters. The molecule has 4 heteroatoms. The normalized spacial score (nSPS) is 14.9. The van der Waals surface area contributed by atoms with Crippen molar-refractivity contribution in [2.45, 2.75) is 45.4 Å². The molecule has 3 aliphatic heterocycles. The lowest BCUT2D eigenvalue weighted by molar-refractivity contribution is 0.590. The Kier molecular flexibility index (Phi) is 6.09. The highest BCUT2D eigenvalue weighted by atomic mass is 16.4. The van der Waals surface area contributed by atoms with E-state index >= 15 is 0 Å². The van der Waals surface area contributed by atoms with Crippen molar-refractivity contribution >= 4 is 68.1 Å². The molecule has 0 spiro atoms. The standard InChI is InChI=1S/C49H39BN2O/c1-48(2,3)32-26-27-40(36(29-32)30-16-7-6-8-17-30)51-46-33-19-10-9-18-31(33)28-37-34-21-15-23-39-45(34)52(41-24-13-12-22-38(41)49(39,4)5)50(43(37)46)44-35-20-11-14-25-42(35)53-47(44)51/h6-29H,1-5H3. The van der Waals surface area contributed by atoms with Crippen molar-refractivity contribution in [3.8, 4) is 22.3 Å². The van der Waals surface area contributed by atoms with Gasteiger partial charge in [0.1, 0.15) is 5.58 Å². The number of anilines is 5. The Labute approximate surface area is 311 Å². The summed E-state index contributed by atoms with van der Waals surface area (Å²) < 4.78 is 7.20. The number of benzene rings is 7. The van der Waals surface area contributed by atoms with Gasteiger partial charge in [-0.1, -0.05) is 150 Å². The lowest BCUT2D eigenvalue weighted by Crippen LogP contribution is -2.62. The van der Waals surface area contributed by atoms with E-state index in [1.807, 2.05) is 0 Å². The van der Waals surface area contributed by atoms with Gasteiger partial charge in [0.25, 0.3) is 0 Å². The van der Waals surface area contributed by atoms with Crippen LogP contribution in [0.4, 0.5) is 28.6 Å². The van der Waals surface area contributed by atoms with Crippen molar-refractivity contribution in [3.05, 3.63) is 162 Å². The van der Waals surface area contributed by atoms with Crippen LogP contribution in [0.15, 0.2) is 150 Å². The van der Waals surface area contributed by atoms with E-state index in [9.17, 15) is 0 Å². The van der Waals surface area contributed by atoms with E-state index in [2.05, 4.69) is 190 Å². The Hall–Kier alpha value is -6.00. The second-order valence-corrected chi connectivity index (χ2v) is 16.5.